The van der Waals surface area contributed by atoms with Gasteiger partial charge in [0.25, 0.3) is 0 Å². The zero-order chi connectivity index (χ0) is 11.6. The second-order valence-electron chi connectivity index (χ2n) is 4.34. The van der Waals surface area contributed by atoms with Gasteiger partial charge >= 0.3 is 0 Å². The van der Waals surface area contributed by atoms with Gasteiger partial charge in [-0.2, -0.15) is 0 Å². The number of ether oxygens (including phenoxy) is 1. The zero-order valence-corrected chi connectivity index (χ0v) is 9.57. The van der Waals surface area contributed by atoms with Gasteiger partial charge in [0.05, 0.1) is 0 Å². The molecule has 88 valence electrons. The molecule has 0 aromatic carbocycles. The number of hydrogen-bond acceptors (Lipinski definition) is 5. The summed E-state index contributed by atoms with van der Waals surface area (Å²) in [5, 5.41) is 0. The first-order valence-corrected chi connectivity index (χ1v) is 5.61. The summed E-state index contributed by atoms with van der Waals surface area (Å²) in [5.74, 6) is 1.13. The van der Waals surface area contributed by atoms with Crippen molar-refractivity contribution in [3.8, 4) is 0 Å². The van der Waals surface area contributed by atoms with Crippen molar-refractivity contribution >= 4 is 5.82 Å². The molecule has 0 bridgehead atoms. The molecule has 16 heavy (non-hydrogen) atoms. The lowest BCUT2D eigenvalue weighted by molar-refractivity contribution is -0.0759. The van der Waals surface area contributed by atoms with E-state index < -0.39 is 0 Å². The quantitative estimate of drug-likeness (QED) is 0.777. The van der Waals surface area contributed by atoms with E-state index in [0.717, 1.165) is 31.4 Å². The van der Waals surface area contributed by atoms with Crippen molar-refractivity contribution in [2.75, 3.05) is 12.3 Å². The Morgan fingerprint density at radius 1 is 1.50 bits per heavy atom. The smallest absolute Gasteiger partial charge is 0.162 e. The molecular weight excluding hydrogens is 204 g/mol. The van der Waals surface area contributed by atoms with Crippen LogP contribution >= 0.6 is 0 Å². The van der Waals surface area contributed by atoms with Crippen LogP contribution < -0.4 is 11.5 Å². The second kappa shape index (κ2) is 4.35. The SMILES string of the molecule is CC1(c2ncc(CN)c(N)n2)CCCCO1. The minimum Gasteiger partial charge on any atom is -0.383 e. The van der Waals surface area contributed by atoms with Gasteiger partial charge in [-0.15, -0.1) is 0 Å². The number of aromatic nitrogens is 2. The Morgan fingerprint density at radius 3 is 2.88 bits per heavy atom. The van der Waals surface area contributed by atoms with E-state index in [1.807, 2.05) is 6.92 Å². The van der Waals surface area contributed by atoms with Gasteiger partial charge in [-0.1, -0.05) is 0 Å². The molecule has 1 aromatic heterocycles. The molecule has 1 fully saturated rings. The highest BCUT2D eigenvalue weighted by Gasteiger charge is 2.33. The van der Waals surface area contributed by atoms with Crippen LogP contribution in [-0.4, -0.2) is 16.6 Å². The van der Waals surface area contributed by atoms with Crippen LogP contribution in [0.15, 0.2) is 6.20 Å². The number of rotatable bonds is 2. The molecular formula is C11H18N4O. The third-order valence-corrected chi connectivity index (χ3v) is 3.06. The van der Waals surface area contributed by atoms with E-state index in [2.05, 4.69) is 9.97 Å². The standard InChI is InChI=1S/C11H18N4O/c1-11(4-2-3-5-16-11)10-14-7-8(6-12)9(13)15-10/h7H,2-6,12H2,1H3,(H2,13,14,15). The Morgan fingerprint density at radius 2 is 2.31 bits per heavy atom. The molecule has 5 nitrogen and oxygen atoms in total. The fraction of sp³-hybridized carbons (Fsp3) is 0.636. The molecule has 1 aromatic rings. The van der Waals surface area contributed by atoms with Gasteiger partial charge in [0.1, 0.15) is 11.4 Å². The molecule has 1 aliphatic rings. The molecule has 1 unspecified atom stereocenters. The topological polar surface area (TPSA) is 87.0 Å². The van der Waals surface area contributed by atoms with Crippen LogP contribution in [0.3, 0.4) is 0 Å². The minimum absolute atomic E-state index is 0.365. The second-order valence-corrected chi connectivity index (χ2v) is 4.34. The Labute approximate surface area is 95.2 Å². The monoisotopic (exact) mass is 222 g/mol. The number of nitrogens with zero attached hydrogens (tertiary/aromatic N) is 2. The molecule has 1 atom stereocenters. The highest BCUT2D eigenvalue weighted by Crippen LogP contribution is 2.32. The van der Waals surface area contributed by atoms with Crippen molar-refractivity contribution in [1.82, 2.24) is 9.97 Å². The lowest BCUT2D eigenvalue weighted by Crippen LogP contribution is -2.32. The normalized spacial score (nSPS) is 25.6. The molecule has 1 saturated heterocycles. The molecule has 0 aliphatic carbocycles. The summed E-state index contributed by atoms with van der Waals surface area (Å²) >= 11 is 0. The highest BCUT2D eigenvalue weighted by molar-refractivity contribution is 5.37. The Kier molecular flexibility index (Phi) is 3.07. The van der Waals surface area contributed by atoms with Crippen LogP contribution in [-0.2, 0) is 16.9 Å². The van der Waals surface area contributed by atoms with E-state index in [9.17, 15) is 0 Å². The molecule has 5 heteroatoms. The summed E-state index contributed by atoms with van der Waals surface area (Å²) in [5.41, 5.74) is 11.7. The number of anilines is 1. The molecule has 0 saturated carbocycles. The molecule has 4 N–H and O–H groups in total. The van der Waals surface area contributed by atoms with E-state index in [4.69, 9.17) is 16.2 Å². The first kappa shape index (κ1) is 11.3. The van der Waals surface area contributed by atoms with Gasteiger partial charge in [0.2, 0.25) is 0 Å². The van der Waals surface area contributed by atoms with Gasteiger partial charge in [0.15, 0.2) is 5.82 Å². The number of nitrogen functional groups attached to an aromatic ring is 1. The van der Waals surface area contributed by atoms with Crippen molar-refractivity contribution in [3.05, 3.63) is 17.6 Å². The van der Waals surface area contributed by atoms with Gasteiger partial charge < -0.3 is 16.2 Å². The minimum atomic E-state index is -0.389. The largest absolute Gasteiger partial charge is 0.383 e. The van der Waals surface area contributed by atoms with Crippen LogP contribution in [0.1, 0.15) is 37.6 Å². The van der Waals surface area contributed by atoms with E-state index in [1.165, 1.54) is 0 Å². The summed E-state index contributed by atoms with van der Waals surface area (Å²) < 4.78 is 5.77. The third kappa shape index (κ3) is 2.01. The lowest BCUT2D eigenvalue weighted by Gasteiger charge is -2.32. The summed E-state index contributed by atoms with van der Waals surface area (Å²) in [4.78, 5) is 8.61. The summed E-state index contributed by atoms with van der Waals surface area (Å²) in [6, 6.07) is 0. The predicted molar refractivity (Wildman–Crippen MR) is 61.5 cm³/mol. The van der Waals surface area contributed by atoms with Crippen molar-refractivity contribution in [2.24, 2.45) is 5.73 Å². The van der Waals surface area contributed by atoms with Crippen molar-refractivity contribution in [1.29, 1.82) is 0 Å². The summed E-state index contributed by atoms with van der Waals surface area (Å²) in [6.45, 7) is 3.14. The fourth-order valence-corrected chi connectivity index (χ4v) is 1.94. The lowest BCUT2D eigenvalue weighted by atomic mass is 9.95. The predicted octanol–water partition coefficient (Wildman–Crippen LogP) is 0.933. The molecule has 0 spiro atoms. The van der Waals surface area contributed by atoms with Crippen LogP contribution in [0.4, 0.5) is 5.82 Å². The third-order valence-electron chi connectivity index (χ3n) is 3.06. The summed E-state index contributed by atoms with van der Waals surface area (Å²) in [7, 11) is 0. The van der Waals surface area contributed by atoms with Crippen LogP contribution in [0.25, 0.3) is 0 Å². The zero-order valence-electron chi connectivity index (χ0n) is 9.57. The van der Waals surface area contributed by atoms with Crippen molar-refractivity contribution in [2.45, 2.75) is 38.3 Å². The molecule has 2 rings (SSSR count). The van der Waals surface area contributed by atoms with E-state index in [0.29, 0.717) is 18.2 Å². The maximum atomic E-state index is 5.81. The number of hydrogen-bond donors (Lipinski definition) is 2. The molecule has 1 aliphatic heterocycles. The van der Waals surface area contributed by atoms with Gasteiger partial charge in [-0.05, 0) is 26.2 Å². The van der Waals surface area contributed by atoms with E-state index in [-0.39, 0.29) is 5.60 Å². The highest BCUT2D eigenvalue weighted by atomic mass is 16.5. The van der Waals surface area contributed by atoms with E-state index in [1.54, 1.807) is 6.20 Å². The molecule has 0 amide bonds. The maximum Gasteiger partial charge on any atom is 0.162 e. The molecule has 2 heterocycles. The first-order chi connectivity index (χ1) is 7.65. The molecule has 0 radical (unpaired) electrons. The van der Waals surface area contributed by atoms with Crippen LogP contribution in [0, 0.1) is 0 Å². The van der Waals surface area contributed by atoms with Gasteiger partial charge in [-0.3, -0.25) is 0 Å². The van der Waals surface area contributed by atoms with Crippen molar-refractivity contribution in [3.63, 3.8) is 0 Å². The van der Waals surface area contributed by atoms with Gasteiger partial charge in [0, 0.05) is 24.9 Å². The maximum absolute atomic E-state index is 5.81. The Bertz CT molecular complexity index is 374. The summed E-state index contributed by atoms with van der Waals surface area (Å²) in [6.07, 6.45) is 4.87. The Balaban J connectivity index is 2.29. The fourth-order valence-electron chi connectivity index (χ4n) is 1.94. The van der Waals surface area contributed by atoms with Crippen LogP contribution in [0.5, 0.6) is 0 Å². The van der Waals surface area contributed by atoms with Gasteiger partial charge in [-0.25, -0.2) is 9.97 Å². The van der Waals surface area contributed by atoms with Crippen molar-refractivity contribution < 1.29 is 4.74 Å². The average Bonchev–Trinajstić information content (AvgIpc) is 2.30. The number of nitrogens with two attached hydrogens (primary N) is 2. The average molecular weight is 222 g/mol. The van der Waals surface area contributed by atoms with Crippen LogP contribution in [0.2, 0.25) is 0 Å². The Hall–Kier alpha value is -1.20. The first-order valence-electron chi connectivity index (χ1n) is 5.61. The van der Waals surface area contributed by atoms with E-state index >= 15 is 0 Å².